The summed E-state index contributed by atoms with van der Waals surface area (Å²) in [6.07, 6.45) is 0. The first-order valence-electron chi connectivity index (χ1n) is 6.28. The van der Waals surface area contributed by atoms with Gasteiger partial charge in [0, 0.05) is 6.04 Å². The number of aromatic amines is 1. The molecule has 0 bridgehead atoms. The molecule has 0 saturated carbocycles. The van der Waals surface area contributed by atoms with Gasteiger partial charge in [0.15, 0.2) is 5.82 Å². The molecule has 0 spiro atoms. The SMILES string of the molecule is CC(C)NC(=O)c1nc2cc(C(C)C)ccc2[nH]1. The van der Waals surface area contributed by atoms with Crippen molar-refractivity contribution in [1.82, 2.24) is 15.3 Å². The lowest BCUT2D eigenvalue weighted by molar-refractivity contribution is 0.0934. The van der Waals surface area contributed by atoms with Crippen LogP contribution in [-0.4, -0.2) is 21.9 Å². The van der Waals surface area contributed by atoms with Crippen molar-refractivity contribution in [3.63, 3.8) is 0 Å². The number of amides is 1. The number of nitrogens with zero attached hydrogens (tertiary/aromatic N) is 1. The molecule has 2 N–H and O–H groups in total. The molecule has 18 heavy (non-hydrogen) atoms. The summed E-state index contributed by atoms with van der Waals surface area (Å²) in [4.78, 5) is 19.2. The van der Waals surface area contributed by atoms with Crippen molar-refractivity contribution < 1.29 is 4.79 Å². The van der Waals surface area contributed by atoms with E-state index in [4.69, 9.17) is 0 Å². The highest BCUT2D eigenvalue weighted by Gasteiger charge is 2.12. The van der Waals surface area contributed by atoms with E-state index in [1.54, 1.807) is 0 Å². The zero-order valence-electron chi connectivity index (χ0n) is 11.2. The van der Waals surface area contributed by atoms with Crippen LogP contribution in [0.5, 0.6) is 0 Å². The van der Waals surface area contributed by atoms with Crippen LogP contribution in [0.1, 0.15) is 49.8 Å². The third kappa shape index (κ3) is 2.53. The van der Waals surface area contributed by atoms with Gasteiger partial charge in [0.2, 0.25) is 0 Å². The second-order valence-corrected chi connectivity index (χ2v) is 5.14. The second kappa shape index (κ2) is 4.80. The number of carbonyl (C=O) groups is 1. The third-order valence-electron chi connectivity index (χ3n) is 2.81. The predicted octanol–water partition coefficient (Wildman–Crippen LogP) is 2.82. The highest BCUT2D eigenvalue weighted by atomic mass is 16.2. The van der Waals surface area contributed by atoms with Crippen molar-refractivity contribution in [3.8, 4) is 0 Å². The van der Waals surface area contributed by atoms with Crippen molar-refractivity contribution in [2.24, 2.45) is 0 Å². The molecule has 96 valence electrons. The van der Waals surface area contributed by atoms with Crippen molar-refractivity contribution in [2.45, 2.75) is 39.7 Å². The number of H-pyrrole nitrogens is 1. The summed E-state index contributed by atoms with van der Waals surface area (Å²) in [5, 5.41) is 2.82. The Kier molecular flexibility index (Phi) is 3.36. The topological polar surface area (TPSA) is 57.8 Å². The molecule has 4 nitrogen and oxygen atoms in total. The van der Waals surface area contributed by atoms with Crippen LogP contribution >= 0.6 is 0 Å². The molecule has 0 aliphatic rings. The van der Waals surface area contributed by atoms with Gasteiger partial charge in [0.05, 0.1) is 11.0 Å². The van der Waals surface area contributed by atoms with Gasteiger partial charge in [-0.3, -0.25) is 4.79 Å². The summed E-state index contributed by atoms with van der Waals surface area (Å²) in [6.45, 7) is 8.13. The van der Waals surface area contributed by atoms with E-state index < -0.39 is 0 Å². The monoisotopic (exact) mass is 245 g/mol. The molecule has 1 amide bonds. The fourth-order valence-corrected chi connectivity index (χ4v) is 1.82. The van der Waals surface area contributed by atoms with E-state index in [9.17, 15) is 4.79 Å². The first-order chi connectivity index (χ1) is 8.47. The van der Waals surface area contributed by atoms with Gasteiger partial charge < -0.3 is 10.3 Å². The number of carbonyl (C=O) groups excluding carboxylic acids is 1. The number of imidazole rings is 1. The summed E-state index contributed by atoms with van der Waals surface area (Å²) < 4.78 is 0. The number of benzene rings is 1. The summed E-state index contributed by atoms with van der Waals surface area (Å²) in [7, 11) is 0. The molecule has 1 heterocycles. The van der Waals surface area contributed by atoms with Crippen molar-refractivity contribution in [3.05, 3.63) is 29.6 Å². The molecule has 1 aromatic heterocycles. The first kappa shape index (κ1) is 12.6. The van der Waals surface area contributed by atoms with Gasteiger partial charge in [-0.05, 0) is 37.5 Å². The maximum Gasteiger partial charge on any atom is 0.287 e. The Morgan fingerprint density at radius 3 is 2.61 bits per heavy atom. The van der Waals surface area contributed by atoms with Crippen LogP contribution < -0.4 is 5.32 Å². The zero-order chi connectivity index (χ0) is 13.3. The smallest absolute Gasteiger partial charge is 0.287 e. The zero-order valence-corrected chi connectivity index (χ0v) is 11.2. The van der Waals surface area contributed by atoms with E-state index in [1.807, 2.05) is 26.0 Å². The summed E-state index contributed by atoms with van der Waals surface area (Å²) in [5.41, 5.74) is 2.97. The van der Waals surface area contributed by atoms with Gasteiger partial charge >= 0.3 is 0 Å². The number of hydrogen-bond acceptors (Lipinski definition) is 2. The third-order valence-corrected chi connectivity index (χ3v) is 2.81. The van der Waals surface area contributed by atoms with E-state index in [-0.39, 0.29) is 11.9 Å². The summed E-state index contributed by atoms with van der Waals surface area (Å²) in [5.74, 6) is 0.672. The molecular weight excluding hydrogens is 226 g/mol. The lowest BCUT2D eigenvalue weighted by atomic mass is 10.0. The van der Waals surface area contributed by atoms with Gasteiger partial charge in [-0.2, -0.15) is 0 Å². The van der Waals surface area contributed by atoms with Crippen LogP contribution in [0, 0.1) is 0 Å². The summed E-state index contributed by atoms with van der Waals surface area (Å²) >= 11 is 0. The molecule has 0 aliphatic carbocycles. The van der Waals surface area contributed by atoms with Crippen molar-refractivity contribution >= 4 is 16.9 Å². The Morgan fingerprint density at radius 2 is 2.00 bits per heavy atom. The molecule has 0 atom stereocenters. The maximum absolute atomic E-state index is 11.8. The molecule has 0 aliphatic heterocycles. The second-order valence-electron chi connectivity index (χ2n) is 5.14. The Morgan fingerprint density at radius 1 is 1.28 bits per heavy atom. The van der Waals surface area contributed by atoms with E-state index in [1.165, 1.54) is 5.56 Å². The molecule has 0 saturated heterocycles. The molecule has 0 fully saturated rings. The van der Waals surface area contributed by atoms with Gasteiger partial charge in [-0.15, -0.1) is 0 Å². The van der Waals surface area contributed by atoms with Crippen LogP contribution in [0.4, 0.5) is 0 Å². The predicted molar refractivity (Wildman–Crippen MR) is 72.8 cm³/mol. The van der Waals surface area contributed by atoms with Crippen LogP contribution in [0.25, 0.3) is 11.0 Å². The molecular formula is C14H19N3O. The Hall–Kier alpha value is -1.84. The van der Waals surface area contributed by atoms with Crippen LogP contribution in [0.2, 0.25) is 0 Å². The molecule has 0 unspecified atom stereocenters. The van der Waals surface area contributed by atoms with Crippen LogP contribution in [-0.2, 0) is 0 Å². The minimum absolute atomic E-state index is 0.108. The summed E-state index contributed by atoms with van der Waals surface area (Å²) in [6, 6.07) is 6.18. The highest BCUT2D eigenvalue weighted by Crippen LogP contribution is 2.19. The van der Waals surface area contributed by atoms with Crippen molar-refractivity contribution in [2.75, 3.05) is 0 Å². The normalized spacial score (nSPS) is 11.4. The Bertz CT molecular complexity index is 569. The number of rotatable bonds is 3. The molecule has 0 radical (unpaired) electrons. The number of nitrogens with one attached hydrogen (secondary N) is 2. The average molecular weight is 245 g/mol. The first-order valence-corrected chi connectivity index (χ1v) is 6.28. The standard InChI is InChI=1S/C14H19N3O/c1-8(2)10-5-6-11-12(7-10)17-13(16-11)14(18)15-9(3)4/h5-9H,1-4H3,(H,15,18)(H,16,17). The van der Waals surface area contributed by atoms with Crippen LogP contribution in [0.3, 0.4) is 0 Å². The van der Waals surface area contributed by atoms with Gasteiger partial charge in [0.25, 0.3) is 5.91 Å². The van der Waals surface area contributed by atoms with Gasteiger partial charge in [-0.25, -0.2) is 4.98 Å². The Labute approximate surface area is 107 Å². The van der Waals surface area contributed by atoms with E-state index >= 15 is 0 Å². The van der Waals surface area contributed by atoms with Gasteiger partial charge in [-0.1, -0.05) is 19.9 Å². The Balaban J connectivity index is 2.35. The van der Waals surface area contributed by atoms with Crippen LogP contribution in [0.15, 0.2) is 18.2 Å². The maximum atomic E-state index is 11.8. The minimum atomic E-state index is -0.160. The fourth-order valence-electron chi connectivity index (χ4n) is 1.82. The number of aromatic nitrogens is 2. The lowest BCUT2D eigenvalue weighted by Crippen LogP contribution is -2.30. The number of fused-ring (bicyclic) bond motifs is 1. The molecule has 1 aromatic carbocycles. The molecule has 2 aromatic rings. The van der Waals surface area contributed by atoms with Crippen molar-refractivity contribution in [1.29, 1.82) is 0 Å². The average Bonchev–Trinajstić information content (AvgIpc) is 2.70. The molecule has 4 heteroatoms. The quantitative estimate of drug-likeness (QED) is 0.873. The largest absolute Gasteiger partial charge is 0.347 e. The van der Waals surface area contributed by atoms with Gasteiger partial charge in [0.1, 0.15) is 0 Å². The van der Waals surface area contributed by atoms with E-state index in [0.717, 1.165) is 11.0 Å². The van der Waals surface area contributed by atoms with E-state index in [0.29, 0.717) is 11.7 Å². The number of hydrogen-bond donors (Lipinski definition) is 2. The lowest BCUT2D eigenvalue weighted by Gasteiger charge is -2.04. The highest BCUT2D eigenvalue weighted by molar-refractivity contribution is 5.94. The minimum Gasteiger partial charge on any atom is -0.347 e. The molecule has 2 rings (SSSR count). The fraction of sp³-hybridized carbons (Fsp3) is 0.429. The van der Waals surface area contributed by atoms with E-state index in [2.05, 4.69) is 35.2 Å².